The van der Waals surface area contributed by atoms with Gasteiger partial charge in [-0.15, -0.1) is 0 Å². The highest BCUT2D eigenvalue weighted by atomic mass is 19.4. The summed E-state index contributed by atoms with van der Waals surface area (Å²) in [6.45, 7) is 2.95. The fourth-order valence-electron chi connectivity index (χ4n) is 1.77. The summed E-state index contributed by atoms with van der Waals surface area (Å²) in [5, 5.41) is 4.30. The molecule has 1 fully saturated rings. The zero-order valence-electron chi connectivity index (χ0n) is 9.86. The van der Waals surface area contributed by atoms with Gasteiger partial charge in [0.15, 0.2) is 0 Å². The first kappa shape index (κ1) is 14.1. The van der Waals surface area contributed by atoms with Crippen molar-refractivity contribution in [1.29, 1.82) is 0 Å². The van der Waals surface area contributed by atoms with Crippen molar-refractivity contribution in [2.24, 2.45) is 0 Å². The van der Waals surface area contributed by atoms with Gasteiger partial charge in [0.2, 0.25) is 0 Å². The van der Waals surface area contributed by atoms with Crippen molar-refractivity contribution in [3.63, 3.8) is 0 Å². The lowest BCUT2D eigenvalue weighted by molar-refractivity contribution is -0.122. The number of carbonyl (C=O) groups is 1. The minimum absolute atomic E-state index is 0.146. The van der Waals surface area contributed by atoms with E-state index in [0.29, 0.717) is 19.4 Å². The Morgan fingerprint density at radius 2 is 2.12 bits per heavy atom. The van der Waals surface area contributed by atoms with Crippen molar-refractivity contribution in [3.8, 4) is 0 Å². The van der Waals surface area contributed by atoms with E-state index in [-0.39, 0.29) is 11.6 Å². The van der Waals surface area contributed by atoms with Crippen LogP contribution in [0.1, 0.15) is 26.7 Å². The molecule has 1 heterocycles. The second-order valence-corrected chi connectivity index (χ2v) is 4.74. The van der Waals surface area contributed by atoms with E-state index in [1.54, 1.807) is 5.32 Å². The Morgan fingerprint density at radius 1 is 1.47 bits per heavy atom. The normalized spacial score (nSPS) is 24.2. The van der Waals surface area contributed by atoms with Crippen LogP contribution in [0.4, 0.5) is 18.0 Å². The largest absolute Gasteiger partial charge is 0.405 e. The number of hydrogen-bond acceptors (Lipinski definition) is 2. The maximum Gasteiger partial charge on any atom is 0.405 e. The van der Waals surface area contributed by atoms with Crippen LogP contribution in [0, 0.1) is 0 Å². The molecule has 0 aromatic carbocycles. The molecule has 2 N–H and O–H groups in total. The van der Waals surface area contributed by atoms with Crippen LogP contribution < -0.4 is 10.6 Å². The molecule has 0 spiro atoms. The highest BCUT2D eigenvalue weighted by molar-refractivity contribution is 5.74. The second-order valence-electron chi connectivity index (χ2n) is 4.74. The van der Waals surface area contributed by atoms with Crippen LogP contribution in [0.3, 0.4) is 0 Å². The van der Waals surface area contributed by atoms with Crippen molar-refractivity contribution < 1.29 is 22.7 Å². The van der Waals surface area contributed by atoms with Gasteiger partial charge in [-0.3, -0.25) is 0 Å². The maximum absolute atomic E-state index is 11.9. The lowest BCUT2D eigenvalue weighted by Gasteiger charge is -2.35. The molecule has 0 aromatic rings. The predicted octanol–water partition coefficient (Wildman–Crippen LogP) is 1.81. The van der Waals surface area contributed by atoms with Crippen molar-refractivity contribution in [2.75, 3.05) is 13.2 Å². The van der Waals surface area contributed by atoms with Crippen molar-refractivity contribution >= 4 is 6.03 Å². The van der Waals surface area contributed by atoms with E-state index in [2.05, 4.69) is 5.32 Å². The molecule has 0 aromatic heterocycles. The molecule has 0 saturated carbocycles. The van der Waals surface area contributed by atoms with E-state index in [1.807, 2.05) is 13.8 Å². The summed E-state index contributed by atoms with van der Waals surface area (Å²) in [5.74, 6) is 0. The molecular formula is C10H17F3N2O2. The lowest BCUT2D eigenvalue weighted by atomic mass is 9.94. The summed E-state index contributed by atoms with van der Waals surface area (Å²) >= 11 is 0. The molecule has 17 heavy (non-hydrogen) atoms. The number of ether oxygens (including phenoxy) is 1. The van der Waals surface area contributed by atoms with Crippen LogP contribution in [0.25, 0.3) is 0 Å². The average Bonchev–Trinajstić information content (AvgIpc) is 2.12. The van der Waals surface area contributed by atoms with Gasteiger partial charge >= 0.3 is 12.2 Å². The number of rotatable bonds is 2. The Balaban J connectivity index is 2.31. The highest BCUT2D eigenvalue weighted by Crippen LogP contribution is 2.23. The standard InChI is InChI=1S/C10H17F3N2O2/c1-9(2)5-7(3-4-17-9)15-8(16)14-6-10(11,12)13/h7H,3-6H2,1-2H3,(H2,14,15,16). The minimum Gasteiger partial charge on any atom is -0.375 e. The molecule has 7 heteroatoms. The van der Waals surface area contributed by atoms with Crippen LogP contribution in [-0.2, 0) is 4.74 Å². The van der Waals surface area contributed by atoms with Gasteiger partial charge < -0.3 is 15.4 Å². The molecule has 1 unspecified atom stereocenters. The number of hydrogen-bond donors (Lipinski definition) is 2. The quantitative estimate of drug-likeness (QED) is 0.789. The van der Waals surface area contributed by atoms with Crippen LogP contribution in [-0.4, -0.2) is 37.0 Å². The summed E-state index contributed by atoms with van der Waals surface area (Å²) in [6.07, 6.45) is -3.18. The van der Waals surface area contributed by atoms with Gasteiger partial charge in [-0.25, -0.2) is 4.79 Å². The monoisotopic (exact) mass is 254 g/mol. The Labute approximate surface area is 97.9 Å². The van der Waals surface area contributed by atoms with E-state index in [4.69, 9.17) is 4.74 Å². The summed E-state index contributed by atoms with van der Waals surface area (Å²) in [6, 6.07) is -0.933. The topological polar surface area (TPSA) is 50.4 Å². The van der Waals surface area contributed by atoms with E-state index in [0.717, 1.165) is 0 Å². The first-order chi connectivity index (χ1) is 7.68. The first-order valence-electron chi connectivity index (χ1n) is 5.43. The first-order valence-corrected chi connectivity index (χ1v) is 5.43. The fourth-order valence-corrected chi connectivity index (χ4v) is 1.77. The summed E-state index contributed by atoms with van der Waals surface area (Å²) in [5.41, 5.74) is -0.347. The third-order valence-corrected chi connectivity index (χ3v) is 2.48. The Hall–Kier alpha value is -0.980. The van der Waals surface area contributed by atoms with E-state index in [9.17, 15) is 18.0 Å². The number of nitrogens with one attached hydrogen (secondary N) is 2. The van der Waals surface area contributed by atoms with E-state index >= 15 is 0 Å². The van der Waals surface area contributed by atoms with Crippen LogP contribution in [0.2, 0.25) is 0 Å². The minimum atomic E-state index is -4.38. The Kier molecular flexibility index (Phi) is 4.24. The van der Waals surface area contributed by atoms with Crippen molar-refractivity contribution in [3.05, 3.63) is 0 Å². The van der Waals surface area contributed by atoms with Crippen LogP contribution >= 0.6 is 0 Å². The van der Waals surface area contributed by atoms with E-state index < -0.39 is 18.8 Å². The summed E-state index contributed by atoms with van der Waals surface area (Å²) in [4.78, 5) is 11.2. The third-order valence-electron chi connectivity index (χ3n) is 2.48. The molecule has 0 bridgehead atoms. The van der Waals surface area contributed by atoms with Crippen LogP contribution in [0.5, 0.6) is 0 Å². The molecule has 1 aliphatic heterocycles. The maximum atomic E-state index is 11.9. The molecule has 1 aliphatic rings. The molecule has 4 nitrogen and oxygen atoms in total. The van der Waals surface area contributed by atoms with Gasteiger partial charge in [0.05, 0.1) is 5.60 Å². The zero-order valence-corrected chi connectivity index (χ0v) is 9.86. The molecule has 0 radical (unpaired) electrons. The van der Waals surface area contributed by atoms with Crippen molar-refractivity contribution in [1.82, 2.24) is 10.6 Å². The van der Waals surface area contributed by atoms with Gasteiger partial charge in [0.25, 0.3) is 0 Å². The smallest absolute Gasteiger partial charge is 0.375 e. The predicted molar refractivity (Wildman–Crippen MR) is 55.6 cm³/mol. The molecule has 100 valence electrons. The Bertz CT molecular complexity index is 279. The van der Waals surface area contributed by atoms with Crippen LogP contribution in [0.15, 0.2) is 0 Å². The molecule has 1 saturated heterocycles. The van der Waals surface area contributed by atoms with Gasteiger partial charge in [-0.1, -0.05) is 0 Å². The van der Waals surface area contributed by atoms with Gasteiger partial charge in [0.1, 0.15) is 6.54 Å². The lowest BCUT2D eigenvalue weighted by Crippen LogP contribution is -2.50. The fraction of sp³-hybridized carbons (Fsp3) is 0.900. The number of halogens is 3. The molecular weight excluding hydrogens is 237 g/mol. The van der Waals surface area contributed by atoms with Gasteiger partial charge in [-0.05, 0) is 26.7 Å². The summed E-state index contributed by atoms with van der Waals surface area (Å²) < 4.78 is 41.0. The highest BCUT2D eigenvalue weighted by Gasteiger charge is 2.31. The molecule has 2 amide bonds. The molecule has 1 atom stereocenters. The average molecular weight is 254 g/mol. The number of carbonyl (C=O) groups excluding carboxylic acids is 1. The SMILES string of the molecule is CC1(C)CC(NC(=O)NCC(F)(F)F)CCO1. The third kappa shape index (κ3) is 5.76. The summed E-state index contributed by atoms with van der Waals surface area (Å²) in [7, 11) is 0. The number of alkyl halides is 3. The zero-order chi connectivity index (χ0) is 13.1. The number of amides is 2. The Morgan fingerprint density at radius 3 is 2.65 bits per heavy atom. The molecule has 0 aliphatic carbocycles. The van der Waals surface area contributed by atoms with E-state index in [1.165, 1.54) is 0 Å². The van der Waals surface area contributed by atoms with Gasteiger partial charge in [0, 0.05) is 12.6 Å². The van der Waals surface area contributed by atoms with Crippen molar-refractivity contribution in [2.45, 2.75) is 44.5 Å². The van der Waals surface area contributed by atoms with Gasteiger partial charge in [-0.2, -0.15) is 13.2 Å². The second kappa shape index (κ2) is 5.12. The molecule has 1 rings (SSSR count). The number of urea groups is 1.